The van der Waals surface area contributed by atoms with Gasteiger partial charge in [0.2, 0.25) is 0 Å². The van der Waals surface area contributed by atoms with Crippen LogP contribution in [0.5, 0.6) is 5.75 Å². The summed E-state index contributed by atoms with van der Waals surface area (Å²) in [6.07, 6.45) is 3.10. The van der Waals surface area contributed by atoms with Gasteiger partial charge < -0.3 is 20.5 Å². The van der Waals surface area contributed by atoms with E-state index in [0.717, 1.165) is 54.3 Å². The van der Waals surface area contributed by atoms with Gasteiger partial charge >= 0.3 is 0 Å². The summed E-state index contributed by atoms with van der Waals surface area (Å²) in [6, 6.07) is 8.17. The van der Waals surface area contributed by atoms with E-state index in [2.05, 4.69) is 20.9 Å². The number of aliphatic hydroxyl groups excluding tert-OH is 1. The molecule has 2 aromatic rings. The molecule has 0 spiro atoms. The highest BCUT2D eigenvalue weighted by atomic mass is 16.5. The smallest absolute Gasteiger partial charge is 0.135 e. The fourth-order valence-corrected chi connectivity index (χ4v) is 3.68. The predicted molar refractivity (Wildman–Crippen MR) is 91.0 cm³/mol. The summed E-state index contributed by atoms with van der Waals surface area (Å²) in [7, 11) is 0. The van der Waals surface area contributed by atoms with E-state index < -0.39 is 0 Å². The summed E-state index contributed by atoms with van der Waals surface area (Å²) in [5.41, 5.74) is 9.48. The van der Waals surface area contributed by atoms with Crippen LogP contribution in [0.4, 0.5) is 5.82 Å². The Kier molecular flexibility index (Phi) is 4.08. The molecule has 24 heavy (non-hydrogen) atoms. The maximum Gasteiger partial charge on any atom is 0.135 e. The first-order valence-electron chi connectivity index (χ1n) is 8.41. The highest BCUT2D eigenvalue weighted by molar-refractivity contribution is 5.54. The van der Waals surface area contributed by atoms with Crippen molar-refractivity contribution in [3.05, 3.63) is 47.4 Å². The number of aliphatic hydroxyl groups is 1. The van der Waals surface area contributed by atoms with Gasteiger partial charge in [0, 0.05) is 37.7 Å². The number of hydrogen-bond donors (Lipinski definition) is 2. The zero-order valence-electron chi connectivity index (χ0n) is 13.6. The lowest BCUT2D eigenvalue weighted by Gasteiger charge is -2.21. The molecular formula is C18H22N4O2. The van der Waals surface area contributed by atoms with E-state index in [9.17, 15) is 5.11 Å². The van der Waals surface area contributed by atoms with Crippen LogP contribution in [-0.2, 0) is 13.0 Å². The van der Waals surface area contributed by atoms with E-state index >= 15 is 0 Å². The first-order chi connectivity index (χ1) is 11.8. The van der Waals surface area contributed by atoms with Crippen LogP contribution in [-0.4, -0.2) is 40.8 Å². The van der Waals surface area contributed by atoms with Crippen molar-refractivity contribution in [3.63, 3.8) is 0 Å². The van der Waals surface area contributed by atoms with E-state index in [0.29, 0.717) is 12.5 Å². The molecule has 6 heteroatoms. The quantitative estimate of drug-likeness (QED) is 0.879. The zero-order valence-corrected chi connectivity index (χ0v) is 13.6. The fraction of sp³-hybridized carbons (Fsp3) is 0.444. The summed E-state index contributed by atoms with van der Waals surface area (Å²) in [5.74, 6) is 2.17. The van der Waals surface area contributed by atoms with Gasteiger partial charge in [-0.05, 0) is 24.0 Å². The van der Waals surface area contributed by atoms with Gasteiger partial charge in [-0.25, -0.2) is 9.97 Å². The summed E-state index contributed by atoms with van der Waals surface area (Å²) in [6.45, 7) is 2.22. The average Bonchev–Trinajstić information content (AvgIpc) is 2.85. The van der Waals surface area contributed by atoms with Gasteiger partial charge in [-0.15, -0.1) is 0 Å². The minimum absolute atomic E-state index is 0.0667. The van der Waals surface area contributed by atoms with Crippen LogP contribution in [0.15, 0.2) is 30.6 Å². The Morgan fingerprint density at radius 3 is 3.00 bits per heavy atom. The minimum atomic E-state index is 0.0667. The summed E-state index contributed by atoms with van der Waals surface area (Å²) < 4.78 is 5.91. The number of benzene rings is 1. The first-order valence-corrected chi connectivity index (χ1v) is 8.41. The molecule has 0 unspecified atom stereocenters. The predicted octanol–water partition coefficient (Wildman–Crippen LogP) is 1.11. The van der Waals surface area contributed by atoms with Crippen molar-refractivity contribution >= 4 is 5.82 Å². The molecule has 1 aromatic heterocycles. The summed E-state index contributed by atoms with van der Waals surface area (Å²) in [5, 5.41) is 9.22. The number of ether oxygens (including phenoxy) is 1. The Bertz CT molecular complexity index is 737. The molecule has 2 aliphatic rings. The van der Waals surface area contributed by atoms with Crippen LogP contribution in [0.3, 0.4) is 0 Å². The van der Waals surface area contributed by atoms with Gasteiger partial charge in [0.25, 0.3) is 0 Å². The van der Waals surface area contributed by atoms with Gasteiger partial charge in [-0.3, -0.25) is 0 Å². The van der Waals surface area contributed by atoms with Crippen LogP contribution in [0, 0.1) is 5.92 Å². The number of nitrogens with two attached hydrogens (primary N) is 1. The number of fused-ring (bicyclic) bond motifs is 2. The number of hydrogen-bond acceptors (Lipinski definition) is 6. The van der Waals surface area contributed by atoms with Gasteiger partial charge in [0.05, 0.1) is 5.69 Å². The number of aromatic nitrogens is 2. The largest absolute Gasteiger partial charge is 0.487 e. The average molecular weight is 326 g/mol. The molecule has 4 rings (SSSR count). The Labute approximate surface area is 141 Å². The topological polar surface area (TPSA) is 84.5 Å². The number of anilines is 1. The Morgan fingerprint density at radius 1 is 1.25 bits per heavy atom. The van der Waals surface area contributed by atoms with Crippen molar-refractivity contribution in [2.45, 2.75) is 25.5 Å². The van der Waals surface area contributed by atoms with Crippen molar-refractivity contribution in [1.82, 2.24) is 9.97 Å². The highest BCUT2D eigenvalue weighted by Crippen LogP contribution is 2.33. The Morgan fingerprint density at radius 2 is 2.12 bits per heavy atom. The molecule has 1 aromatic carbocycles. The second-order valence-electron chi connectivity index (χ2n) is 6.54. The molecule has 126 valence electrons. The molecule has 0 saturated carbocycles. The molecule has 6 nitrogen and oxygen atoms in total. The second kappa shape index (κ2) is 6.37. The molecule has 3 heterocycles. The van der Waals surface area contributed by atoms with Crippen molar-refractivity contribution in [1.29, 1.82) is 0 Å². The molecule has 0 aliphatic carbocycles. The molecule has 0 amide bonds. The maximum atomic E-state index is 9.22. The van der Waals surface area contributed by atoms with E-state index in [1.807, 2.05) is 18.2 Å². The maximum absolute atomic E-state index is 9.22. The third-order valence-electron chi connectivity index (χ3n) is 5.01. The standard InChI is InChI=1S/C18H22N4O2/c19-15-9-22(8-13(15)5-6-23)18-14-7-12-3-1-2-4-17(12)24-10-16(14)20-11-21-18/h1-4,11,13,15,23H,5-10,19H2/t13-,15-/m0/s1. The lowest BCUT2D eigenvalue weighted by atomic mass is 10.0. The van der Waals surface area contributed by atoms with Crippen LogP contribution in [0.25, 0.3) is 0 Å². The lowest BCUT2D eigenvalue weighted by molar-refractivity contribution is 0.257. The van der Waals surface area contributed by atoms with E-state index in [1.165, 1.54) is 0 Å². The Hall–Kier alpha value is -2.18. The lowest BCUT2D eigenvalue weighted by Crippen LogP contribution is -2.30. The van der Waals surface area contributed by atoms with Gasteiger partial charge in [0.1, 0.15) is 24.5 Å². The van der Waals surface area contributed by atoms with Crippen molar-refractivity contribution in [2.24, 2.45) is 11.7 Å². The van der Waals surface area contributed by atoms with E-state index in [4.69, 9.17) is 10.5 Å². The third kappa shape index (κ3) is 2.72. The highest BCUT2D eigenvalue weighted by Gasteiger charge is 2.32. The number of nitrogens with zero attached hydrogens (tertiary/aromatic N) is 3. The van der Waals surface area contributed by atoms with Crippen molar-refractivity contribution < 1.29 is 9.84 Å². The molecule has 0 bridgehead atoms. The third-order valence-corrected chi connectivity index (χ3v) is 5.01. The fourth-order valence-electron chi connectivity index (χ4n) is 3.68. The zero-order chi connectivity index (χ0) is 16.5. The normalized spacial score (nSPS) is 22.5. The van der Waals surface area contributed by atoms with Crippen LogP contribution in [0.1, 0.15) is 23.2 Å². The van der Waals surface area contributed by atoms with Crippen LogP contribution < -0.4 is 15.4 Å². The molecule has 0 radical (unpaired) electrons. The molecular weight excluding hydrogens is 304 g/mol. The minimum Gasteiger partial charge on any atom is -0.487 e. The van der Waals surface area contributed by atoms with Gasteiger partial charge in [0.15, 0.2) is 0 Å². The summed E-state index contributed by atoms with van der Waals surface area (Å²) >= 11 is 0. The molecule has 1 fully saturated rings. The van der Waals surface area contributed by atoms with E-state index in [-0.39, 0.29) is 12.6 Å². The summed E-state index contributed by atoms with van der Waals surface area (Å²) in [4.78, 5) is 11.2. The monoisotopic (exact) mass is 326 g/mol. The van der Waals surface area contributed by atoms with Crippen LogP contribution in [0.2, 0.25) is 0 Å². The van der Waals surface area contributed by atoms with Gasteiger partial charge in [-0.2, -0.15) is 0 Å². The number of para-hydroxylation sites is 1. The van der Waals surface area contributed by atoms with Gasteiger partial charge in [-0.1, -0.05) is 18.2 Å². The molecule has 3 N–H and O–H groups in total. The molecule has 2 aliphatic heterocycles. The number of rotatable bonds is 3. The van der Waals surface area contributed by atoms with Crippen molar-refractivity contribution in [3.8, 4) is 5.75 Å². The van der Waals surface area contributed by atoms with E-state index in [1.54, 1.807) is 6.33 Å². The SMILES string of the molecule is N[C@H]1CN(c2ncnc3c2Cc2ccccc2OC3)C[C@@H]1CCO. The van der Waals surface area contributed by atoms with Crippen molar-refractivity contribution in [2.75, 3.05) is 24.6 Å². The first kappa shape index (κ1) is 15.4. The molecule has 2 atom stereocenters. The molecule has 1 saturated heterocycles. The second-order valence-corrected chi connectivity index (χ2v) is 6.54. The van der Waals surface area contributed by atoms with Crippen LogP contribution >= 0.6 is 0 Å². The Balaban J connectivity index is 1.68.